The van der Waals surface area contributed by atoms with E-state index >= 15 is 0 Å². The third kappa shape index (κ3) is 5.20. The molecular weight excluding hydrogens is 278 g/mol. The predicted molar refractivity (Wildman–Crippen MR) is 86.7 cm³/mol. The summed E-state index contributed by atoms with van der Waals surface area (Å²) >= 11 is 0. The molecule has 0 saturated heterocycles. The molecule has 22 heavy (non-hydrogen) atoms. The third-order valence-corrected chi connectivity index (χ3v) is 3.09. The Morgan fingerprint density at radius 3 is 2.59 bits per heavy atom. The highest BCUT2D eigenvalue weighted by atomic mass is 16.5. The summed E-state index contributed by atoms with van der Waals surface area (Å²) in [5, 5.41) is 10.3. The highest BCUT2D eigenvalue weighted by molar-refractivity contribution is 5.79. The molecule has 0 fully saturated rings. The zero-order valence-corrected chi connectivity index (χ0v) is 13.4. The Bertz CT molecular complexity index is 603. The van der Waals surface area contributed by atoms with E-state index in [-0.39, 0.29) is 0 Å². The van der Waals surface area contributed by atoms with Crippen LogP contribution in [-0.4, -0.2) is 29.2 Å². The van der Waals surface area contributed by atoms with Crippen molar-refractivity contribution < 1.29 is 4.52 Å². The summed E-state index contributed by atoms with van der Waals surface area (Å²) in [7, 11) is 0. The van der Waals surface area contributed by atoms with Gasteiger partial charge < -0.3 is 15.2 Å². The fourth-order valence-electron chi connectivity index (χ4n) is 1.93. The number of aliphatic imine (C=N–C) groups is 1. The first-order valence-corrected chi connectivity index (χ1v) is 7.54. The van der Waals surface area contributed by atoms with E-state index in [9.17, 15) is 0 Å². The Morgan fingerprint density at radius 2 is 1.95 bits per heavy atom. The van der Waals surface area contributed by atoms with E-state index in [1.54, 1.807) is 0 Å². The zero-order valence-electron chi connectivity index (χ0n) is 13.4. The number of hydrogen-bond donors (Lipinski definition) is 2. The van der Waals surface area contributed by atoms with Crippen LogP contribution in [0.5, 0.6) is 0 Å². The van der Waals surface area contributed by atoms with Crippen LogP contribution in [-0.2, 0) is 13.0 Å². The van der Waals surface area contributed by atoms with Gasteiger partial charge in [0, 0.05) is 19.5 Å². The van der Waals surface area contributed by atoms with E-state index in [2.05, 4.69) is 57.0 Å². The maximum absolute atomic E-state index is 5.09. The molecule has 0 amide bonds. The summed E-state index contributed by atoms with van der Waals surface area (Å²) < 4.78 is 5.09. The monoisotopic (exact) mass is 301 g/mol. The molecular formula is C16H23N5O. The van der Waals surface area contributed by atoms with Crippen molar-refractivity contribution in [3.63, 3.8) is 0 Å². The third-order valence-electron chi connectivity index (χ3n) is 3.09. The average molecular weight is 301 g/mol. The van der Waals surface area contributed by atoms with Gasteiger partial charge in [0.05, 0.1) is 6.54 Å². The summed E-state index contributed by atoms with van der Waals surface area (Å²) in [6.07, 6.45) is 0.676. The summed E-state index contributed by atoms with van der Waals surface area (Å²) in [5.41, 5.74) is 2.45. The Labute approximate surface area is 131 Å². The van der Waals surface area contributed by atoms with Crippen LogP contribution in [0.3, 0.4) is 0 Å². The SMILES string of the molecule is CCNC(=NCc1ccc(C)cc1)NCCc1nc(C)no1. The second-order valence-corrected chi connectivity index (χ2v) is 5.09. The minimum absolute atomic E-state index is 0.638. The van der Waals surface area contributed by atoms with E-state index < -0.39 is 0 Å². The van der Waals surface area contributed by atoms with Gasteiger partial charge in [-0.05, 0) is 26.3 Å². The molecule has 6 nitrogen and oxygen atoms in total. The van der Waals surface area contributed by atoms with Crippen molar-refractivity contribution in [2.24, 2.45) is 4.99 Å². The Morgan fingerprint density at radius 1 is 1.18 bits per heavy atom. The fourth-order valence-corrected chi connectivity index (χ4v) is 1.93. The molecule has 1 aromatic heterocycles. The van der Waals surface area contributed by atoms with Gasteiger partial charge in [-0.2, -0.15) is 4.98 Å². The molecule has 0 aliphatic heterocycles. The largest absolute Gasteiger partial charge is 0.357 e. The van der Waals surface area contributed by atoms with Crippen molar-refractivity contribution in [1.29, 1.82) is 0 Å². The molecule has 0 spiro atoms. The number of rotatable bonds is 6. The quantitative estimate of drug-likeness (QED) is 0.630. The minimum Gasteiger partial charge on any atom is -0.357 e. The zero-order chi connectivity index (χ0) is 15.8. The number of nitrogens with zero attached hydrogens (tertiary/aromatic N) is 3. The molecule has 118 valence electrons. The second kappa shape index (κ2) is 8.17. The molecule has 0 aliphatic carbocycles. The smallest absolute Gasteiger partial charge is 0.228 e. The van der Waals surface area contributed by atoms with Crippen molar-refractivity contribution >= 4 is 5.96 Å². The number of aromatic nitrogens is 2. The van der Waals surface area contributed by atoms with Gasteiger partial charge in [-0.25, -0.2) is 4.99 Å². The molecule has 1 heterocycles. The van der Waals surface area contributed by atoms with Crippen molar-refractivity contribution in [3.8, 4) is 0 Å². The van der Waals surface area contributed by atoms with Crippen LogP contribution in [0, 0.1) is 13.8 Å². The molecule has 0 atom stereocenters. The molecule has 2 N–H and O–H groups in total. The topological polar surface area (TPSA) is 75.3 Å². The number of aryl methyl sites for hydroxylation is 2. The van der Waals surface area contributed by atoms with Crippen LogP contribution >= 0.6 is 0 Å². The van der Waals surface area contributed by atoms with E-state index in [1.807, 2.05) is 13.8 Å². The number of hydrogen-bond acceptors (Lipinski definition) is 4. The summed E-state index contributed by atoms with van der Waals surface area (Å²) in [6, 6.07) is 8.40. The van der Waals surface area contributed by atoms with Crippen LogP contribution < -0.4 is 10.6 Å². The minimum atomic E-state index is 0.638. The lowest BCUT2D eigenvalue weighted by Crippen LogP contribution is -2.38. The average Bonchev–Trinajstić information content (AvgIpc) is 2.92. The van der Waals surface area contributed by atoms with E-state index in [0.717, 1.165) is 12.5 Å². The highest BCUT2D eigenvalue weighted by Crippen LogP contribution is 2.04. The van der Waals surface area contributed by atoms with Crippen LogP contribution in [0.1, 0.15) is 29.8 Å². The van der Waals surface area contributed by atoms with Crippen LogP contribution in [0.4, 0.5) is 0 Å². The maximum Gasteiger partial charge on any atom is 0.228 e. The van der Waals surface area contributed by atoms with Gasteiger partial charge >= 0.3 is 0 Å². The molecule has 0 unspecified atom stereocenters. The van der Waals surface area contributed by atoms with Crippen LogP contribution in [0.25, 0.3) is 0 Å². The van der Waals surface area contributed by atoms with Crippen molar-refractivity contribution in [3.05, 3.63) is 47.1 Å². The van der Waals surface area contributed by atoms with E-state index in [0.29, 0.717) is 31.2 Å². The molecule has 0 aliphatic rings. The lowest BCUT2D eigenvalue weighted by molar-refractivity contribution is 0.374. The van der Waals surface area contributed by atoms with Gasteiger partial charge in [-0.15, -0.1) is 0 Å². The Balaban J connectivity index is 1.85. The molecule has 0 saturated carbocycles. The molecule has 0 bridgehead atoms. The van der Waals surface area contributed by atoms with Crippen LogP contribution in [0.2, 0.25) is 0 Å². The highest BCUT2D eigenvalue weighted by Gasteiger charge is 2.03. The number of guanidine groups is 1. The second-order valence-electron chi connectivity index (χ2n) is 5.09. The predicted octanol–water partition coefficient (Wildman–Crippen LogP) is 1.98. The van der Waals surface area contributed by atoms with Gasteiger partial charge in [0.25, 0.3) is 0 Å². The first-order valence-electron chi connectivity index (χ1n) is 7.54. The Kier molecular flexibility index (Phi) is 5.94. The van der Waals surface area contributed by atoms with Gasteiger partial charge in [-0.1, -0.05) is 35.0 Å². The number of benzene rings is 1. The van der Waals surface area contributed by atoms with E-state index in [1.165, 1.54) is 11.1 Å². The molecule has 0 radical (unpaired) electrons. The molecule has 2 aromatic rings. The lowest BCUT2D eigenvalue weighted by atomic mass is 10.1. The normalized spacial score (nSPS) is 11.5. The molecule has 2 rings (SSSR count). The van der Waals surface area contributed by atoms with E-state index in [4.69, 9.17) is 4.52 Å². The summed E-state index contributed by atoms with van der Waals surface area (Å²) in [4.78, 5) is 8.75. The maximum atomic E-state index is 5.09. The van der Waals surface area contributed by atoms with Gasteiger partial charge in [-0.3, -0.25) is 0 Å². The van der Waals surface area contributed by atoms with Crippen molar-refractivity contribution in [2.75, 3.05) is 13.1 Å². The first-order chi connectivity index (χ1) is 10.7. The first kappa shape index (κ1) is 16.0. The van der Waals surface area contributed by atoms with Crippen molar-refractivity contribution in [2.45, 2.75) is 33.7 Å². The summed E-state index contributed by atoms with van der Waals surface area (Å²) in [6.45, 7) is 8.10. The van der Waals surface area contributed by atoms with Gasteiger partial charge in [0.2, 0.25) is 5.89 Å². The molecule has 6 heteroatoms. The van der Waals surface area contributed by atoms with Gasteiger partial charge in [0.1, 0.15) is 0 Å². The standard InChI is InChI=1S/C16H23N5O/c1-4-17-16(18-10-9-15-20-13(3)21-22-15)19-11-14-7-5-12(2)6-8-14/h5-8H,4,9-11H2,1-3H3,(H2,17,18,19). The lowest BCUT2D eigenvalue weighted by Gasteiger charge is -2.10. The summed E-state index contributed by atoms with van der Waals surface area (Å²) in [5.74, 6) is 2.09. The fraction of sp³-hybridized carbons (Fsp3) is 0.438. The van der Waals surface area contributed by atoms with Crippen LogP contribution in [0.15, 0.2) is 33.8 Å². The number of nitrogens with one attached hydrogen (secondary N) is 2. The molecule has 1 aromatic carbocycles. The Hall–Kier alpha value is -2.37. The van der Waals surface area contributed by atoms with Gasteiger partial charge in [0.15, 0.2) is 11.8 Å². The van der Waals surface area contributed by atoms with Crippen molar-refractivity contribution in [1.82, 2.24) is 20.8 Å².